The molecule has 0 aliphatic heterocycles. The number of rotatable bonds is 3. The fraction of sp³-hybridized carbons (Fsp3) is 0.0909. The maximum atomic E-state index is 12.6. The molecule has 2 N–H and O–H groups in total. The number of aromatic amines is 1. The van der Waals surface area contributed by atoms with E-state index in [0.29, 0.717) is 22.5 Å². The molecule has 2 aromatic heterocycles. The predicted molar refractivity (Wildman–Crippen MR) is 108 cm³/mol. The number of carbonyl (C=O) groups excluding carboxylic acids is 1. The van der Waals surface area contributed by atoms with Crippen LogP contribution in [-0.4, -0.2) is 21.1 Å². The molecule has 136 valence electrons. The van der Waals surface area contributed by atoms with Crippen LogP contribution in [0, 0.1) is 25.2 Å². The molecule has 0 radical (unpaired) electrons. The van der Waals surface area contributed by atoms with Gasteiger partial charge in [0.25, 0.3) is 5.91 Å². The number of aryl methyl sites for hydroxylation is 2. The molecule has 0 atom stereocenters. The van der Waals surface area contributed by atoms with E-state index in [0.717, 1.165) is 22.2 Å². The van der Waals surface area contributed by atoms with E-state index in [4.69, 9.17) is 5.26 Å². The van der Waals surface area contributed by atoms with Gasteiger partial charge in [0.05, 0.1) is 16.8 Å². The Labute approximate surface area is 161 Å². The number of carbonyl (C=O) groups is 1. The van der Waals surface area contributed by atoms with Crippen LogP contribution in [0.5, 0.6) is 0 Å². The number of hydrogen-bond acceptors (Lipinski definition) is 4. The lowest BCUT2D eigenvalue weighted by Crippen LogP contribution is -2.15. The van der Waals surface area contributed by atoms with Gasteiger partial charge in [-0.05, 0) is 43.7 Å². The van der Waals surface area contributed by atoms with Gasteiger partial charge in [0.1, 0.15) is 11.8 Å². The van der Waals surface area contributed by atoms with Crippen molar-refractivity contribution in [2.24, 2.45) is 0 Å². The zero-order chi connectivity index (χ0) is 19.7. The summed E-state index contributed by atoms with van der Waals surface area (Å²) in [5, 5.41) is 20.2. The van der Waals surface area contributed by atoms with Gasteiger partial charge in [0, 0.05) is 22.8 Å². The Balaban J connectivity index is 1.66. The number of hydrogen-bond donors (Lipinski definition) is 2. The van der Waals surface area contributed by atoms with Crippen molar-refractivity contribution in [3.05, 3.63) is 77.1 Å². The Morgan fingerprint density at radius 1 is 1.11 bits per heavy atom. The first kappa shape index (κ1) is 17.4. The molecular weight excluding hydrogens is 350 g/mol. The highest BCUT2D eigenvalue weighted by atomic mass is 16.1. The summed E-state index contributed by atoms with van der Waals surface area (Å²) < 4.78 is 0. The van der Waals surface area contributed by atoms with E-state index >= 15 is 0 Å². The fourth-order valence-electron chi connectivity index (χ4n) is 3.09. The normalized spacial score (nSPS) is 10.6. The van der Waals surface area contributed by atoms with E-state index in [-0.39, 0.29) is 5.91 Å². The summed E-state index contributed by atoms with van der Waals surface area (Å²) in [6, 6.07) is 17.4. The van der Waals surface area contributed by atoms with Crippen LogP contribution in [0.25, 0.3) is 22.2 Å². The lowest BCUT2D eigenvalue weighted by Gasteiger charge is -2.08. The first-order chi connectivity index (χ1) is 13.5. The number of nitrogens with zero attached hydrogens (tertiary/aromatic N) is 3. The highest BCUT2D eigenvalue weighted by Crippen LogP contribution is 2.29. The van der Waals surface area contributed by atoms with Gasteiger partial charge in [-0.15, -0.1) is 0 Å². The Kier molecular flexibility index (Phi) is 4.34. The summed E-state index contributed by atoms with van der Waals surface area (Å²) in [7, 11) is 0. The molecule has 0 aliphatic carbocycles. The third kappa shape index (κ3) is 3.21. The summed E-state index contributed by atoms with van der Waals surface area (Å²) >= 11 is 0. The van der Waals surface area contributed by atoms with Crippen LogP contribution in [0.15, 0.2) is 54.7 Å². The molecule has 4 aromatic rings. The molecule has 4 rings (SSSR count). The number of H-pyrrole nitrogens is 1. The number of amides is 1. The van der Waals surface area contributed by atoms with Crippen LogP contribution in [0.1, 0.15) is 27.2 Å². The summed E-state index contributed by atoms with van der Waals surface area (Å²) in [5.74, 6) is -0.318. The second-order valence-electron chi connectivity index (χ2n) is 6.65. The molecule has 6 nitrogen and oxygen atoms in total. The van der Waals surface area contributed by atoms with Gasteiger partial charge in [0.2, 0.25) is 0 Å². The minimum absolute atomic E-state index is 0.296. The number of nitrogens with one attached hydrogen (secondary N) is 2. The first-order valence-corrected chi connectivity index (χ1v) is 8.78. The van der Waals surface area contributed by atoms with Gasteiger partial charge in [-0.3, -0.25) is 9.89 Å². The smallest absolute Gasteiger partial charge is 0.274 e. The Bertz CT molecular complexity index is 1230. The summed E-state index contributed by atoms with van der Waals surface area (Å²) in [4.78, 5) is 16.7. The molecule has 0 fully saturated rings. The van der Waals surface area contributed by atoms with Crippen LogP contribution >= 0.6 is 0 Å². The first-order valence-electron chi connectivity index (χ1n) is 8.78. The molecule has 0 saturated carbocycles. The Hall–Kier alpha value is -3.98. The number of anilines is 1. The standard InChI is InChI=1S/C22H17N5O/c1-13-3-5-16(6-4-13)21-18-10-17(7-8-19(18)26-27-21)25-22(28)20-14(2)9-15(11-23)12-24-20/h3-10,12H,1-2H3,(H,25,28)(H,26,27). The third-order valence-electron chi connectivity index (χ3n) is 4.57. The molecule has 1 amide bonds. The van der Waals surface area contributed by atoms with Gasteiger partial charge in [-0.25, -0.2) is 4.98 Å². The largest absolute Gasteiger partial charge is 0.321 e. The van der Waals surface area contributed by atoms with Crippen LogP contribution in [0.4, 0.5) is 5.69 Å². The second kappa shape index (κ2) is 6.97. The summed E-state index contributed by atoms with van der Waals surface area (Å²) in [5.41, 5.74) is 5.94. The molecule has 0 saturated heterocycles. The monoisotopic (exact) mass is 367 g/mol. The number of aromatic nitrogens is 3. The van der Waals surface area contributed by atoms with Crippen molar-refractivity contribution in [2.75, 3.05) is 5.32 Å². The van der Waals surface area contributed by atoms with Crippen molar-refractivity contribution in [3.63, 3.8) is 0 Å². The number of fused-ring (bicyclic) bond motifs is 1. The Morgan fingerprint density at radius 3 is 2.61 bits per heavy atom. The average Bonchev–Trinajstić information content (AvgIpc) is 3.11. The van der Waals surface area contributed by atoms with Gasteiger partial charge in [0.15, 0.2) is 0 Å². The minimum Gasteiger partial charge on any atom is -0.321 e. The van der Waals surface area contributed by atoms with Gasteiger partial charge in [-0.1, -0.05) is 29.8 Å². The van der Waals surface area contributed by atoms with Crippen molar-refractivity contribution < 1.29 is 4.79 Å². The highest BCUT2D eigenvalue weighted by molar-refractivity contribution is 6.05. The van der Waals surface area contributed by atoms with Crippen molar-refractivity contribution in [1.29, 1.82) is 5.26 Å². The molecule has 2 aromatic carbocycles. The Morgan fingerprint density at radius 2 is 1.89 bits per heavy atom. The van der Waals surface area contributed by atoms with E-state index in [1.807, 2.05) is 55.5 Å². The molecule has 0 bridgehead atoms. The highest BCUT2D eigenvalue weighted by Gasteiger charge is 2.14. The third-order valence-corrected chi connectivity index (χ3v) is 4.57. The van der Waals surface area contributed by atoms with Crippen LogP contribution in [0.2, 0.25) is 0 Å². The zero-order valence-electron chi connectivity index (χ0n) is 15.4. The van der Waals surface area contributed by atoms with E-state index in [2.05, 4.69) is 20.5 Å². The van der Waals surface area contributed by atoms with E-state index in [9.17, 15) is 4.79 Å². The quantitative estimate of drug-likeness (QED) is 0.562. The van der Waals surface area contributed by atoms with E-state index in [1.165, 1.54) is 11.8 Å². The zero-order valence-corrected chi connectivity index (χ0v) is 15.4. The van der Waals surface area contributed by atoms with Gasteiger partial charge >= 0.3 is 0 Å². The van der Waals surface area contributed by atoms with Crippen molar-refractivity contribution >= 4 is 22.5 Å². The molecule has 28 heavy (non-hydrogen) atoms. The van der Waals surface area contributed by atoms with Gasteiger partial charge < -0.3 is 5.32 Å². The topological polar surface area (TPSA) is 94.5 Å². The summed E-state index contributed by atoms with van der Waals surface area (Å²) in [6.45, 7) is 3.80. The molecule has 2 heterocycles. The SMILES string of the molecule is Cc1ccc(-c2n[nH]c3ccc(NC(=O)c4ncc(C#N)cc4C)cc23)cc1. The average molecular weight is 367 g/mol. The molecule has 0 aliphatic rings. The maximum Gasteiger partial charge on any atom is 0.274 e. The van der Waals surface area contributed by atoms with E-state index in [1.54, 1.807) is 13.0 Å². The second-order valence-corrected chi connectivity index (χ2v) is 6.65. The molecular formula is C22H17N5O. The molecule has 0 spiro atoms. The van der Waals surface area contributed by atoms with Crippen LogP contribution in [0.3, 0.4) is 0 Å². The maximum absolute atomic E-state index is 12.6. The summed E-state index contributed by atoms with van der Waals surface area (Å²) in [6.07, 6.45) is 1.40. The molecule has 0 unspecified atom stereocenters. The van der Waals surface area contributed by atoms with Crippen molar-refractivity contribution in [1.82, 2.24) is 15.2 Å². The van der Waals surface area contributed by atoms with Crippen LogP contribution < -0.4 is 5.32 Å². The lowest BCUT2D eigenvalue weighted by atomic mass is 10.1. The van der Waals surface area contributed by atoms with E-state index < -0.39 is 0 Å². The molecule has 6 heteroatoms. The van der Waals surface area contributed by atoms with Gasteiger partial charge in [-0.2, -0.15) is 10.4 Å². The number of pyridine rings is 1. The minimum atomic E-state index is -0.318. The fourth-order valence-corrected chi connectivity index (χ4v) is 3.09. The van der Waals surface area contributed by atoms with Crippen molar-refractivity contribution in [3.8, 4) is 17.3 Å². The number of benzene rings is 2. The predicted octanol–water partition coefficient (Wildman–Crippen LogP) is 4.37. The van der Waals surface area contributed by atoms with Crippen LogP contribution in [-0.2, 0) is 0 Å². The number of nitriles is 1. The van der Waals surface area contributed by atoms with Crippen molar-refractivity contribution in [2.45, 2.75) is 13.8 Å². The lowest BCUT2D eigenvalue weighted by molar-refractivity contribution is 0.102.